The van der Waals surface area contributed by atoms with E-state index in [0.29, 0.717) is 0 Å². The van der Waals surface area contributed by atoms with Gasteiger partial charge in [-0.2, -0.15) is 0 Å². The molecule has 10 nitrogen and oxygen atoms in total. The van der Waals surface area contributed by atoms with Crippen LogP contribution in [-0.2, 0) is 16.8 Å². The monoisotopic (exact) mass is 446 g/mol. The first-order valence-corrected chi connectivity index (χ1v) is 10.6. The number of nitrogen functional groups attached to an aromatic ring is 1. The molecule has 0 spiro atoms. The van der Waals surface area contributed by atoms with E-state index in [2.05, 4.69) is 20.3 Å². The largest absolute Gasteiger partial charge is 0.368 e. The third kappa shape index (κ3) is 4.45. The van der Waals surface area contributed by atoms with Crippen molar-refractivity contribution in [2.75, 3.05) is 19.8 Å². The Balaban J connectivity index is 1.46. The van der Waals surface area contributed by atoms with Crippen molar-refractivity contribution in [1.82, 2.24) is 29.7 Å². The van der Waals surface area contributed by atoms with Gasteiger partial charge in [0.15, 0.2) is 0 Å². The second-order valence-electron chi connectivity index (χ2n) is 8.39. The normalized spacial score (nSPS) is 14.2. The van der Waals surface area contributed by atoms with E-state index in [0.717, 1.165) is 36.0 Å². The molecule has 0 bridgehead atoms. The average molecular weight is 447 g/mol. The number of aromatic nitrogens is 4. The molecule has 0 saturated heterocycles. The Morgan fingerprint density at radius 1 is 1.12 bits per heavy atom. The summed E-state index contributed by atoms with van der Waals surface area (Å²) in [5.74, 6) is -0.184. The summed E-state index contributed by atoms with van der Waals surface area (Å²) < 4.78 is 1.56. The third-order valence-electron chi connectivity index (χ3n) is 6.05. The van der Waals surface area contributed by atoms with E-state index < -0.39 is 11.3 Å². The average Bonchev–Trinajstić information content (AvgIpc) is 3.22. The highest BCUT2D eigenvalue weighted by Gasteiger charge is 2.43. The fraction of sp³-hybridized carbons (Fsp3) is 0.304. The quantitative estimate of drug-likeness (QED) is 0.389. The van der Waals surface area contributed by atoms with E-state index in [1.165, 1.54) is 17.4 Å². The van der Waals surface area contributed by atoms with Gasteiger partial charge in [-0.3, -0.25) is 15.0 Å². The molecule has 0 radical (unpaired) electrons. The van der Waals surface area contributed by atoms with E-state index in [1.807, 2.05) is 24.3 Å². The number of carbonyl (C=O) groups excluding carboxylic acids is 2. The molecule has 2 amide bonds. The van der Waals surface area contributed by atoms with Crippen LogP contribution in [0.2, 0.25) is 0 Å². The van der Waals surface area contributed by atoms with Crippen LogP contribution in [0.5, 0.6) is 0 Å². The summed E-state index contributed by atoms with van der Waals surface area (Å²) in [6.45, 7) is 0.0973. The lowest BCUT2D eigenvalue weighted by Gasteiger charge is -2.42. The van der Waals surface area contributed by atoms with Crippen molar-refractivity contribution in [1.29, 1.82) is 5.41 Å². The van der Waals surface area contributed by atoms with Gasteiger partial charge in [0.05, 0.1) is 11.7 Å². The first-order valence-electron chi connectivity index (χ1n) is 10.6. The molecule has 10 heteroatoms. The maximum absolute atomic E-state index is 12.7. The second kappa shape index (κ2) is 8.81. The molecule has 0 atom stereocenters. The van der Waals surface area contributed by atoms with Gasteiger partial charge in [0.1, 0.15) is 18.1 Å². The minimum Gasteiger partial charge on any atom is -0.368 e. The number of amides is 2. The number of anilines is 1. The van der Waals surface area contributed by atoms with Gasteiger partial charge in [0.2, 0.25) is 11.9 Å². The van der Waals surface area contributed by atoms with Crippen molar-refractivity contribution in [3.8, 4) is 11.1 Å². The number of likely N-dealkylation sites (N-methyl/N-ethyl adjacent to an activating group) is 1. The Hall–Kier alpha value is -4.08. The lowest BCUT2D eigenvalue weighted by Crippen LogP contribution is -2.50. The molecule has 1 saturated carbocycles. The van der Waals surface area contributed by atoms with Crippen LogP contribution in [0.1, 0.15) is 35.3 Å². The summed E-state index contributed by atoms with van der Waals surface area (Å²) in [5, 5.41) is 11.4. The lowest BCUT2D eigenvalue weighted by molar-refractivity contribution is -0.129. The fourth-order valence-corrected chi connectivity index (χ4v) is 3.84. The first-order chi connectivity index (χ1) is 15.8. The smallest absolute Gasteiger partial charge is 0.276 e. The lowest BCUT2D eigenvalue weighted by atomic mass is 9.63. The van der Waals surface area contributed by atoms with Crippen LogP contribution in [0.4, 0.5) is 5.95 Å². The number of hydrogen-bond donors (Lipinski definition) is 3. The molecular formula is C23H26N8O2. The van der Waals surface area contributed by atoms with Crippen molar-refractivity contribution in [2.24, 2.45) is 0 Å². The van der Waals surface area contributed by atoms with Crippen LogP contribution in [0.25, 0.3) is 11.1 Å². The summed E-state index contributed by atoms with van der Waals surface area (Å²) in [6, 6.07) is 7.88. The van der Waals surface area contributed by atoms with Gasteiger partial charge in [-0.15, -0.1) is 0 Å². The molecule has 170 valence electrons. The first kappa shape index (κ1) is 22.1. The van der Waals surface area contributed by atoms with Gasteiger partial charge >= 0.3 is 0 Å². The molecule has 4 N–H and O–H groups in total. The van der Waals surface area contributed by atoms with Crippen molar-refractivity contribution in [3.63, 3.8) is 0 Å². The summed E-state index contributed by atoms with van der Waals surface area (Å²) in [6.07, 6.45) is 8.84. The number of amidine groups is 1. The molecule has 0 aliphatic heterocycles. The summed E-state index contributed by atoms with van der Waals surface area (Å²) in [5.41, 5.74) is 7.96. The van der Waals surface area contributed by atoms with Gasteiger partial charge in [0, 0.05) is 38.2 Å². The Morgan fingerprint density at radius 3 is 2.36 bits per heavy atom. The zero-order valence-electron chi connectivity index (χ0n) is 18.6. The highest BCUT2D eigenvalue weighted by molar-refractivity contribution is 6.08. The minimum absolute atomic E-state index is 0.0973. The third-order valence-corrected chi connectivity index (χ3v) is 6.05. The standard InChI is InChI=1S/C23H26N8O2/c1-30(2)19(32)13-31-12-18(28-14-31)20(33)29-21(24)23(8-3-9-23)17-6-4-15(5-7-17)16-10-26-22(25)27-11-16/h4-7,10-12,14H,3,8-9,13H2,1-2H3,(H2,24,29,33)(H2,25,26,27). The van der Waals surface area contributed by atoms with Crippen LogP contribution in [-0.4, -0.2) is 56.2 Å². The minimum atomic E-state index is -0.532. The summed E-state index contributed by atoms with van der Waals surface area (Å²) in [7, 11) is 3.34. The van der Waals surface area contributed by atoms with Crippen LogP contribution in [0.15, 0.2) is 49.2 Å². The van der Waals surface area contributed by atoms with Crippen LogP contribution >= 0.6 is 0 Å². The maximum Gasteiger partial charge on any atom is 0.276 e. The van der Waals surface area contributed by atoms with Crippen molar-refractivity contribution in [2.45, 2.75) is 31.2 Å². The molecule has 2 aromatic heterocycles. The molecule has 1 aliphatic rings. The molecule has 0 unspecified atom stereocenters. The van der Waals surface area contributed by atoms with Crippen LogP contribution < -0.4 is 11.1 Å². The molecule has 1 fully saturated rings. The van der Waals surface area contributed by atoms with Gasteiger partial charge in [-0.1, -0.05) is 30.7 Å². The Kier molecular flexibility index (Phi) is 5.91. The molecule has 33 heavy (non-hydrogen) atoms. The highest BCUT2D eigenvalue weighted by Crippen LogP contribution is 2.44. The van der Waals surface area contributed by atoms with E-state index in [4.69, 9.17) is 11.1 Å². The number of rotatable bonds is 6. The molecule has 1 aliphatic carbocycles. The Bertz CT molecular complexity index is 1180. The van der Waals surface area contributed by atoms with Crippen molar-refractivity contribution < 1.29 is 9.59 Å². The molecule has 1 aromatic carbocycles. The summed E-state index contributed by atoms with van der Waals surface area (Å²) in [4.78, 5) is 38.2. The van der Waals surface area contributed by atoms with Gasteiger partial charge in [0.25, 0.3) is 5.91 Å². The second-order valence-corrected chi connectivity index (χ2v) is 8.39. The van der Waals surface area contributed by atoms with Gasteiger partial charge in [-0.25, -0.2) is 15.0 Å². The highest BCUT2D eigenvalue weighted by atomic mass is 16.2. The zero-order valence-corrected chi connectivity index (χ0v) is 18.6. The number of hydrogen-bond acceptors (Lipinski definition) is 7. The van der Waals surface area contributed by atoms with E-state index in [-0.39, 0.29) is 29.9 Å². The number of nitrogens with zero attached hydrogens (tertiary/aromatic N) is 5. The zero-order chi connectivity index (χ0) is 23.6. The molecule has 4 rings (SSSR count). The van der Waals surface area contributed by atoms with Gasteiger partial charge in [-0.05, 0) is 24.0 Å². The van der Waals surface area contributed by atoms with E-state index in [9.17, 15) is 9.59 Å². The van der Waals surface area contributed by atoms with E-state index >= 15 is 0 Å². The number of nitrogens with one attached hydrogen (secondary N) is 2. The fourth-order valence-electron chi connectivity index (χ4n) is 3.84. The SMILES string of the molecule is CN(C)C(=O)Cn1cnc(C(=O)NC(=N)C2(c3ccc(-c4cnc(N)nc4)cc3)CCC2)c1. The van der Waals surface area contributed by atoms with Crippen molar-refractivity contribution in [3.05, 3.63) is 60.4 Å². The van der Waals surface area contributed by atoms with E-state index in [1.54, 1.807) is 31.1 Å². The van der Waals surface area contributed by atoms with Crippen LogP contribution in [0.3, 0.4) is 0 Å². The van der Waals surface area contributed by atoms with Crippen molar-refractivity contribution >= 4 is 23.6 Å². The Labute approximate surface area is 191 Å². The Morgan fingerprint density at radius 2 is 1.79 bits per heavy atom. The summed E-state index contributed by atoms with van der Waals surface area (Å²) >= 11 is 0. The number of imidazole rings is 1. The predicted octanol–water partition coefficient (Wildman–Crippen LogP) is 1.84. The number of nitrogens with two attached hydrogens (primary N) is 1. The topological polar surface area (TPSA) is 143 Å². The molecule has 3 aromatic rings. The maximum atomic E-state index is 12.7. The molecule has 2 heterocycles. The molecular weight excluding hydrogens is 420 g/mol. The number of benzene rings is 1. The number of carbonyl (C=O) groups is 2. The van der Waals surface area contributed by atoms with Gasteiger partial charge < -0.3 is 20.5 Å². The van der Waals surface area contributed by atoms with Crippen LogP contribution in [0, 0.1) is 5.41 Å². The predicted molar refractivity (Wildman–Crippen MR) is 124 cm³/mol.